The van der Waals surface area contributed by atoms with Gasteiger partial charge in [-0.1, -0.05) is 42.5 Å². The van der Waals surface area contributed by atoms with E-state index < -0.39 is 0 Å². The van der Waals surface area contributed by atoms with Gasteiger partial charge in [0.2, 0.25) is 0 Å². The van der Waals surface area contributed by atoms with Crippen LogP contribution in [0.4, 0.5) is 0 Å². The van der Waals surface area contributed by atoms with Crippen molar-refractivity contribution in [3.63, 3.8) is 0 Å². The Kier molecular flexibility index (Phi) is 3.77. The van der Waals surface area contributed by atoms with Crippen LogP contribution in [0.1, 0.15) is 11.1 Å². The van der Waals surface area contributed by atoms with Crippen molar-refractivity contribution in [3.8, 4) is 17.1 Å². The molecule has 0 unspecified atom stereocenters. The molecule has 144 valence electrons. The SMILES string of the molecule is Cc1cccc(C)c1-n1c(-c2cccc3c2sc2ncccc23)nc2ccccc21. The van der Waals surface area contributed by atoms with Crippen LogP contribution >= 0.6 is 11.3 Å². The first-order valence-corrected chi connectivity index (χ1v) is 10.8. The number of nitrogens with zero attached hydrogens (tertiary/aromatic N) is 3. The summed E-state index contributed by atoms with van der Waals surface area (Å²) in [6.07, 6.45) is 1.86. The van der Waals surface area contributed by atoms with E-state index in [0.717, 1.165) is 27.3 Å². The number of imidazole rings is 1. The summed E-state index contributed by atoms with van der Waals surface area (Å²) >= 11 is 1.74. The van der Waals surface area contributed by atoms with Crippen LogP contribution in [-0.4, -0.2) is 14.5 Å². The van der Waals surface area contributed by atoms with E-state index in [4.69, 9.17) is 4.98 Å². The first kappa shape index (κ1) is 17.4. The molecule has 4 heteroatoms. The van der Waals surface area contributed by atoms with Crippen LogP contribution in [0.5, 0.6) is 0 Å². The summed E-state index contributed by atoms with van der Waals surface area (Å²) in [6.45, 7) is 4.34. The first-order chi connectivity index (χ1) is 14.7. The van der Waals surface area contributed by atoms with E-state index in [2.05, 4.69) is 90.1 Å². The van der Waals surface area contributed by atoms with Gasteiger partial charge in [0.05, 0.1) is 16.7 Å². The lowest BCUT2D eigenvalue weighted by Crippen LogP contribution is -2.02. The lowest BCUT2D eigenvalue weighted by Gasteiger charge is -2.15. The van der Waals surface area contributed by atoms with Gasteiger partial charge >= 0.3 is 0 Å². The van der Waals surface area contributed by atoms with Gasteiger partial charge in [0.15, 0.2) is 0 Å². The van der Waals surface area contributed by atoms with E-state index >= 15 is 0 Å². The number of hydrogen-bond donors (Lipinski definition) is 0. The van der Waals surface area contributed by atoms with Crippen LogP contribution in [0.25, 0.3) is 48.4 Å². The van der Waals surface area contributed by atoms with Crippen LogP contribution in [-0.2, 0) is 0 Å². The summed E-state index contributed by atoms with van der Waals surface area (Å²) in [5.74, 6) is 0.978. The first-order valence-electron chi connectivity index (χ1n) is 10.0. The molecule has 6 aromatic rings. The Morgan fingerprint density at radius 1 is 0.767 bits per heavy atom. The van der Waals surface area contributed by atoms with E-state index in [1.54, 1.807) is 11.3 Å². The fourth-order valence-electron chi connectivity index (χ4n) is 4.40. The van der Waals surface area contributed by atoms with Gasteiger partial charge in [-0.3, -0.25) is 4.57 Å². The smallest absolute Gasteiger partial charge is 0.147 e. The Morgan fingerprint density at radius 2 is 1.53 bits per heavy atom. The molecule has 0 spiro atoms. The predicted molar refractivity (Wildman–Crippen MR) is 127 cm³/mol. The topological polar surface area (TPSA) is 30.7 Å². The molecule has 6 rings (SSSR count). The van der Waals surface area contributed by atoms with Crippen molar-refractivity contribution in [2.45, 2.75) is 13.8 Å². The van der Waals surface area contributed by atoms with Crippen molar-refractivity contribution in [2.24, 2.45) is 0 Å². The maximum Gasteiger partial charge on any atom is 0.147 e. The Labute approximate surface area is 178 Å². The summed E-state index contributed by atoms with van der Waals surface area (Å²) < 4.78 is 3.56. The van der Waals surface area contributed by atoms with Gasteiger partial charge in [0.1, 0.15) is 10.7 Å². The number of hydrogen-bond acceptors (Lipinski definition) is 3. The molecule has 0 saturated carbocycles. The molecule has 3 nitrogen and oxygen atoms in total. The van der Waals surface area contributed by atoms with Gasteiger partial charge in [-0.05, 0) is 55.3 Å². The number of aromatic nitrogens is 3. The van der Waals surface area contributed by atoms with Crippen LogP contribution in [0.2, 0.25) is 0 Å². The molecule has 0 fully saturated rings. The van der Waals surface area contributed by atoms with E-state index in [-0.39, 0.29) is 0 Å². The average Bonchev–Trinajstić information content (AvgIpc) is 3.32. The minimum atomic E-state index is 0.978. The zero-order valence-electron chi connectivity index (χ0n) is 16.8. The van der Waals surface area contributed by atoms with Crippen LogP contribution in [0.3, 0.4) is 0 Å². The van der Waals surface area contributed by atoms with Crippen molar-refractivity contribution in [1.82, 2.24) is 14.5 Å². The molecule has 0 aliphatic carbocycles. The van der Waals surface area contributed by atoms with E-state index in [1.165, 1.54) is 32.3 Å². The van der Waals surface area contributed by atoms with Crippen LogP contribution in [0.15, 0.2) is 79.0 Å². The van der Waals surface area contributed by atoms with Gasteiger partial charge in [0.25, 0.3) is 0 Å². The largest absolute Gasteiger partial charge is 0.292 e. The highest BCUT2D eigenvalue weighted by Crippen LogP contribution is 2.40. The predicted octanol–water partition coefficient (Wildman–Crippen LogP) is 7.07. The number of rotatable bonds is 2. The van der Waals surface area contributed by atoms with E-state index in [1.807, 2.05) is 12.3 Å². The number of pyridine rings is 1. The second kappa shape index (κ2) is 6.51. The Morgan fingerprint density at radius 3 is 2.40 bits per heavy atom. The number of benzene rings is 3. The molecule has 0 atom stereocenters. The number of thiophene rings is 1. The molecular formula is C26H19N3S. The molecule has 0 radical (unpaired) electrons. The molecule has 0 saturated heterocycles. The van der Waals surface area contributed by atoms with Crippen molar-refractivity contribution in [3.05, 3.63) is 90.1 Å². The highest BCUT2D eigenvalue weighted by Gasteiger charge is 2.20. The minimum absolute atomic E-state index is 0.978. The zero-order chi connectivity index (χ0) is 20.2. The molecule has 0 amide bonds. The summed E-state index contributed by atoms with van der Waals surface area (Å²) in [5, 5.41) is 2.44. The van der Waals surface area contributed by atoms with Gasteiger partial charge in [-0.15, -0.1) is 11.3 Å². The second-order valence-corrected chi connectivity index (χ2v) is 8.64. The average molecular weight is 406 g/mol. The normalized spacial score (nSPS) is 11.7. The molecule has 3 aromatic heterocycles. The molecule has 0 N–H and O–H groups in total. The Bertz CT molecular complexity index is 1550. The minimum Gasteiger partial charge on any atom is -0.292 e. The third-order valence-electron chi connectivity index (χ3n) is 5.74. The fraction of sp³-hybridized carbons (Fsp3) is 0.0769. The van der Waals surface area contributed by atoms with Crippen molar-refractivity contribution >= 4 is 42.7 Å². The molecule has 0 bridgehead atoms. The highest BCUT2D eigenvalue weighted by molar-refractivity contribution is 7.26. The fourth-order valence-corrected chi connectivity index (χ4v) is 5.55. The molecule has 3 heterocycles. The van der Waals surface area contributed by atoms with Gasteiger partial charge in [0, 0.05) is 27.2 Å². The standard InChI is InChI=1S/C26H19N3S/c1-16-8-5-9-17(2)23(16)29-22-14-4-3-13-21(22)28-25(29)20-11-6-10-18-19-12-7-15-27-26(19)30-24(18)20/h3-15H,1-2H3. The summed E-state index contributed by atoms with van der Waals surface area (Å²) in [6, 6.07) is 25.5. The lowest BCUT2D eigenvalue weighted by atomic mass is 10.1. The summed E-state index contributed by atoms with van der Waals surface area (Å²) in [5.41, 5.74) is 6.97. The van der Waals surface area contributed by atoms with Crippen LogP contribution in [0, 0.1) is 13.8 Å². The summed E-state index contributed by atoms with van der Waals surface area (Å²) in [7, 11) is 0. The monoisotopic (exact) mass is 405 g/mol. The maximum atomic E-state index is 5.11. The van der Waals surface area contributed by atoms with Gasteiger partial charge < -0.3 is 0 Å². The molecule has 3 aromatic carbocycles. The van der Waals surface area contributed by atoms with Gasteiger partial charge in [-0.25, -0.2) is 9.97 Å². The molecule has 0 aliphatic rings. The molecule has 0 aliphatic heterocycles. The van der Waals surface area contributed by atoms with Gasteiger partial charge in [-0.2, -0.15) is 0 Å². The Hall–Kier alpha value is -3.50. The third kappa shape index (κ3) is 2.44. The molecular weight excluding hydrogens is 386 g/mol. The number of fused-ring (bicyclic) bond motifs is 4. The third-order valence-corrected chi connectivity index (χ3v) is 6.90. The quantitative estimate of drug-likeness (QED) is 0.308. The van der Waals surface area contributed by atoms with E-state index in [9.17, 15) is 0 Å². The van der Waals surface area contributed by atoms with Crippen LogP contribution < -0.4 is 0 Å². The number of para-hydroxylation sites is 3. The van der Waals surface area contributed by atoms with Crippen molar-refractivity contribution in [1.29, 1.82) is 0 Å². The number of aryl methyl sites for hydroxylation is 2. The van der Waals surface area contributed by atoms with E-state index in [0.29, 0.717) is 0 Å². The second-order valence-electron chi connectivity index (χ2n) is 7.64. The Balaban J connectivity index is 1.77. The van der Waals surface area contributed by atoms with Crippen molar-refractivity contribution in [2.75, 3.05) is 0 Å². The zero-order valence-corrected chi connectivity index (χ0v) is 17.6. The van der Waals surface area contributed by atoms with Crippen molar-refractivity contribution < 1.29 is 0 Å². The molecule has 30 heavy (non-hydrogen) atoms. The lowest BCUT2D eigenvalue weighted by molar-refractivity contribution is 1.07. The summed E-state index contributed by atoms with van der Waals surface area (Å²) in [4.78, 5) is 10.8. The highest BCUT2D eigenvalue weighted by atomic mass is 32.1. The maximum absolute atomic E-state index is 5.11.